The number of benzene rings is 7. The van der Waals surface area contributed by atoms with Crippen molar-refractivity contribution >= 4 is 49.8 Å². The summed E-state index contributed by atoms with van der Waals surface area (Å²) in [6, 6.07) is 51.4. The van der Waals surface area contributed by atoms with E-state index in [1.54, 1.807) is 0 Å². The second-order valence-electron chi connectivity index (χ2n) is 14.5. The van der Waals surface area contributed by atoms with Gasteiger partial charge in [-0.2, -0.15) is 0 Å². The molecule has 7 aromatic carbocycles. The maximum Gasteiger partial charge on any atom is 0.136 e. The number of para-hydroxylation sites is 1. The van der Waals surface area contributed by atoms with Gasteiger partial charge in [0.15, 0.2) is 0 Å². The summed E-state index contributed by atoms with van der Waals surface area (Å²) in [4.78, 5) is 2.49. The highest BCUT2D eigenvalue weighted by molar-refractivity contribution is 6.19. The summed E-state index contributed by atoms with van der Waals surface area (Å²) in [7, 11) is 0. The van der Waals surface area contributed by atoms with Crippen molar-refractivity contribution in [2.45, 2.75) is 38.5 Å². The molecule has 1 aromatic heterocycles. The molecule has 230 valence electrons. The molecule has 0 bridgehead atoms. The minimum Gasteiger partial charge on any atom is -0.456 e. The van der Waals surface area contributed by atoms with E-state index in [9.17, 15) is 0 Å². The fraction of sp³-hybridized carbons (Fsp3) is 0.130. The predicted octanol–water partition coefficient (Wildman–Crippen LogP) is 12.8. The Kier molecular flexibility index (Phi) is 5.44. The number of anilines is 3. The lowest BCUT2D eigenvalue weighted by Crippen LogP contribution is -2.16. The second-order valence-corrected chi connectivity index (χ2v) is 14.5. The number of fused-ring (bicyclic) bond motifs is 11. The van der Waals surface area contributed by atoms with Crippen molar-refractivity contribution in [3.63, 3.8) is 0 Å². The maximum absolute atomic E-state index is 6.34. The molecule has 0 radical (unpaired) electrons. The molecule has 0 unspecified atom stereocenters. The van der Waals surface area contributed by atoms with Gasteiger partial charge in [0.25, 0.3) is 0 Å². The van der Waals surface area contributed by atoms with Gasteiger partial charge in [-0.3, -0.25) is 0 Å². The topological polar surface area (TPSA) is 16.4 Å². The van der Waals surface area contributed by atoms with Crippen LogP contribution in [0.1, 0.15) is 49.9 Å². The number of hydrogen-bond acceptors (Lipinski definition) is 2. The van der Waals surface area contributed by atoms with Crippen LogP contribution < -0.4 is 4.90 Å². The van der Waals surface area contributed by atoms with Crippen molar-refractivity contribution < 1.29 is 4.42 Å². The van der Waals surface area contributed by atoms with Gasteiger partial charge >= 0.3 is 0 Å². The maximum atomic E-state index is 6.34. The number of hydrogen-bond donors (Lipinski definition) is 0. The molecule has 1 heterocycles. The van der Waals surface area contributed by atoms with E-state index >= 15 is 0 Å². The Bertz CT molecular complexity index is 2630. The first-order valence-electron chi connectivity index (χ1n) is 16.9. The summed E-state index contributed by atoms with van der Waals surface area (Å²) in [5.74, 6) is 0. The first-order chi connectivity index (χ1) is 23.3. The van der Waals surface area contributed by atoms with E-state index in [4.69, 9.17) is 4.42 Å². The Labute approximate surface area is 280 Å². The normalized spacial score (nSPS) is 15.0. The van der Waals surface area contributed by atoms with Crippen LogP contribution in [0.5, 0.6) is 0 Å². The molecule has 2 aliphatic carbocycles. The van der Waals surface area contributed by atoms with Crippen molar-refractivity contribution in [1.82, 2.24) is 0 Å². The molecule has 2 nitrogen and oxygen atoms in total. The Hall–Kier alpha value is -5.60. The molecule has 8 aromatic rings. The molecule has 0 fully saturated rings. The second kappa shape index (κ2) is 9.49. The molecule has 48 heavy (non-hydrogen) atoms. The van der Waals surface area contributed by atoms with E-state index in [-0.39, 0.29) is 10.8 Å². The van der Waals surface area contributed by atoms with Gasteiger partial charge in [0.05, 0.1) is 5.69 Å². The predicted molar refractivity (Wildman–Crippen MR) is 201 cm³/mol. The van der Waals surface area contributed by atoms with Crippen LogP contribution in [0.25, 0.3) is 55.0 Å². The molecule has 0 aliphatic heterocycles. The van der Waals surface area contributed by atoms with Gasteiger partial charge in [0.1, 0.15) is 11.2 Å². The van der Waals surface area contributed by atoms with Gasteiger partial charge in [-0.05, 0) is 92.2 Å². The summed E-state index contributed by atoms with van der Waals surface area (Å²) >= 11 is 0. The molecule has 0 spiro atoms. The lowest BCUT2D eigenvalue weighted by Gasteiger charge is -2.30. The van der Waals surface area contributed by atoms with Crippen molar-refractivity contribution in [2.75, 3.05) is 4.90 Å². The largest absolute Gasteiger partial charge is 0.456 e. The number of nitrogens with zero attached hydrogens (tertiary/aromatic N) is 1. The van der Waals surface area contributed by atoms with Gasteiger partial charge in [0.2, 0.25) is 0 Å². The Morgan fingerprint density at radius 3 is 1.94 bits per heavy atom. The van der Waals surface area contributed by atoms with Crippen LogP contribution >= 0.6 is 0 Å². The highest BCUT2D eigenvalue weighted by Crippen LogP contribution is 2.56. The van der Waals surface area contributed by atoms with Gasteiger partial charge in [-0.25, -0.2) is 0 Å². The molecule has 0 N–H and O–H groups in total. The SMILES string of the molecule is CC1(C)c2ccccc2-c2cc(N(c3ccc4ccc5oc6ccccc6c5c4c3)c3cccc4c3-c3ccccc3C4(C)C)ccc21. The summed E-state index contributed by atoms with van der Waals surface area (Å²) in [5, 5.41) is 4.71. The lowest BCUT2D eigenvalue weighted by molar-refractivity contribution is 0.660. The summed E-state index contributed by atoms with van der Waals surface area (Å²) in [6.45, 7) is 9.41. The number of rotatable bonds is 3. The van der Waals surface area contributed by atoms with Crippen LogP contribution in [0.2, 0.25) is 0 Å². The van der Waals surface area contributed by atoms with Gasteiger partial charge < -0.3 is 9.32 Å². The molecule has 10 rings (SSSR count). The summed E-state index contributed by atoms with van der Waals surface area (Å²) < 4.78 is 6.34. The Balaban J connectivity index is 1.28. The smallest absolute Gasteiger partial charge is 0.136 e. The van der Waals surface area contributed by atoms with Crippen molar-refractivity contribution in [1.29, 1.82) is 0 Å². The van der Waals surface area contributed by atoms with E-state index in [0.29, 0.717) is 0 Å². The highest BCUT2D eigenvalue weighted by atomic mass is 16.3. The molecule has 0 saturated heterocycles. The summed E-state index contributed by atoms with van der Waals surface area (Å²) in [6.07, 6.45) is 0. The first-order valence-corrected chi connectivity index (χ1v) is 16.9. The quantitative estimate of drug-likeness (QED) is 0.196. The van der Waals surface area contributed by atoms with Gasteiger partial charge in [-0.15, -0.1) is 0 Å². The van der Waals surface area contributed by atoms with Crippen LogP contribution in [0.15, 0.2) is 144 Å². The average Bonchev–Trinajstić information content (AvgIpc) is 3.69. The highest BCUT2D eigenvalue weighted by Gasteiger charge is 2.39. The Morgan fingerprint density at radius 2 is 1.08 bits per heavy atom. The molecule has 0 atom stereocenters. The molecule has 0 saturated carbocycles. The van der Waals surface area contributed by atoms with Crippen LogP contribution in [-0.4, -0.2) is 0 Å². The van der Waals surface area contributed by atoms with Crippen LogP contribution in [0.3, 0.4) is 0 Å². The molecular formula is C46H35NO. The third-order valence-electron chi connectivity index (χ3n) is 11.3. The van der Waals surface area contributed by atoms with E-state index in [1.165, 1.54) is 66.4 Å². The van der Waals surface area contributed by atoms with Crippen molar-refractivity contribution in [2.24, 2.45) is 0 Å². The van der Waals surface area contributed by atoms with Crippen LogP contribution in [0.4, 0.5) is 17.1 Å². The lowest BCUT2D eigenvalue weighted by atomic mass is 9.82. The molecule has 0 amide bonds. The minimum absolute atomic E-state index is 0.0524. The molecular weight excluding hydrogens is 583 g/mol. The first kappa shape index (κ1) is 27.5. The minimum atomic E-state index is -0.0975. The standard InChI is InChI=1S/C46H35NO/c1-45(2)36-15-8-5-12-31(36)35-27-30(23-24-38(35)45)47(40-18-11-17-39-44(40)32-13-6-9-16-37(32)46(39,3)4)29-22-20-28-21-25-42-43(34(28)26-29)33-14-7-10-19-41(33)48-42/h5-27H,1-4H3. The zero-order valence-electron chi connectivity index (χ0n) is 27.6. The average molecular weight is 618 g/mol. The van der Waals surface area contributed by atoms with Crippen molar-refractivity contribution in [3.05, 3.63) is 162 Å². The fourth-order valence-electron chi connectivity index (χ4n) is 8.87. The number of furan rings is 1. The van der Waals surface area contributed by atoms with E-state index in [2.05, 4.69) is 166 Å². The zero-order chi connectivity index (χ0) is 32.4. The van der Waals surface area contributed by atoms with Crippen molar-refractivity contribution in [3.8, 4) is 22.3 Å². The Morgan fingerprint density at radius 1 is 0.458 bits per heavy atom. The monoisotopic (exact) mass is 617 g/mol. The third kappa shape index (κ3) is 3.58. The van der Waals surface area contributed by atoms with Gasteiger partial charge in [-0.1, -0.05) is 125 Å². The fourth-order valence-corrected chi connectivity index (χ4v) is 8.87. The zero-order valence-corrected chi connectivity index (χ0v) is 27.6. The molecule has 2 heteroatoms. The van der Waals surface area contributed by atoms with E-state index in [1.807, 2.05) is 6.07 Å². The van der Waals surface area contributed by atoms with Gasteiger partial charge in [0, 0.05) is 38.5 Å². The van der Waals surface area contributed by atoms with Crippen LogP contribution in [0, 0.1) is 0 Å². The van der Waals surface area contributed by atoms with E-state index < -0.39 is 0 Å². The molecule has 2 aliphatic rings. The summed E-state index contributed by atoms with van der Waals surface area (Å²) in [5.41, 5.74) is 15.9. The van der Waals surface area contributed by atoms with Crippen LogP contribution in [-0.2, 0) is 10.8 Å². The van der Waals surface area contributed by atoms with E-state index in [0.717, 1.165) is 27.9 Å². The third-order valence-corrected chi connectivity index (χ3v) is 11.3.